The van der Waals surface area contributed by atoms with Crippen LogP contribution in [0.2, 0.25) is 0 Å². The number of carbonyl (C=O) groups excluding carboxylic acids is 1. The zero-order valence-electron chi connectivity index (χ0n) is 18.6. The zero-order chi connectivity index (χ0) is 25.5. The molecule has 1 amide bonds. The van der Waals surface area contributed by atoms with Crippen molar-refractivity contribution in [2.45, 2.75) is 56.4 Å². The third-order valence-electron chi connectivity index (χ3n) is 6.60. The second-order valence-electron chi connectivity index (χ2n) is 8.72. The number of piperidine rings is 1. The van der Waals surface area contributed by atoms with Gasteiger partial charge in [0, 0.05) is 50.9 Å². The monoisotopic (exact) mass is 504 g/mol. The second kappa shape index (κ2) is 9.11. The molecule has 4 rings (SSSR count). The zero-order valence-corrected chi connectivity index (χ0v) is 18.6. The SMILES string of the molecule is CN(c1ncc(C(F)(F)F)cn1)C1CCN(C(=O)C[C@H]2CCc3c2n[nH]c(=O)c3C(F)(F)F)CC1. The fourth-order valence-electron chi connectivity index (χ4n) is 4.70. The Morgan fingerprint density at radius 1 is 1.09 bits per heavy atom. The molecule has 1 fully saturated rings. The second-order valence-corrected chi connectivity index (χ2v) is 8.72. The van der Waals surface area contributed by atoms with E-state index in [0.29, 0.717) is 32.4 Å². The van der Waals surface area contributed by atoms with Gasteiger partial charge in [0.1, 0.15) is 5.56 Å². The normalized spacial score (nSPS) is 19.1. The van der Waals surface area contributed by atoms with Crippen LogP contribution < -0.4 is 10.5 Å². The number of rotatable bonds is 4. The van der Waals surface area contributed by atoms with Crippen LogP contribution in [0, 0.1) is 0 Å². The van der Waals surface area contributed by atoms with Crippen molar-refractivity contribution in [1.29, 1.82) is 0 Å². The van der Waals surface area contributed by atoms with E-state index in [0.717, 1.165) is 12.4 Å². The minimum atomic E-state index is -4.80. The van der Waals surface area contributed by atoms with E-state index in [-0.39, 0.29) is 42.0 Å². The minimum Gasteiger partial charge on any atom is -0.343 e. The first-order valence-corrected chi connectivity index (χ1v) is 10.9. The van der Waals surface area contributed by atoms with Crippen LogP contribution in [0.4, 0.5) is 32.3 Å². The Morgan fingerprint density at radius 3 is 2.29 bits per heavy atom. The van der Waals surface area contributed by atoms with E-state index >= 15 is 0 Å². The molecule has 190 valence electrons. The number of likely N-dealkylation sites (tertiary alicyclic amines) is 1. The molecule has 1 aliphatic carbocycles. The molecular weight excluding hydrogens is 482 g/mol. The molecule has 0 radical (unpaired) electrons. The highest BCUT2D eigenvalue weighted by molar-refractivity contribution is 5.77. The van der Waals surface area contributed by atoms with Crippen LogP contribution in [-0.2, 0) is 23.6 Å². The lowest BCUT2D eigenvalue weighted by molar-refractivity contribution is -0.139. The lowest BCUT2D eigenvalue weighted by atomic mass is 9.99. The molecule has 0 saturated carbocycles. The molecule has 0 aromatic carbocycles. The van der Waals surface area contributed by atoms with Crippen molar-refractivity contribution in [3.05, 3.63) is 45.1 Å². The molecule has 14 heteroatoms. The number of anilines is 1. The van der Waals surface area contributed by atoms with E-state index in [9.17, 15) is 35.9 Å². The maximum Gasteiger partial charge on any atom is 0.422 e. The van der Waals surface area contributed by atoms with Gasteiger partial charge in [0.05, 0.1) is 11.3 Å². The fourth-order valence-corrected chi connectivity index (χ4v) is 4.70. The smallest absolute Gasteiger partial charge is 0.343 e. The summed E-state index contributed by atoms with van der Waals surface area (Å²) in [5, 5.41) is 5.71. The molecular formula is C21H22F6N6O2. The Morgan fingerprint density at radius 2 is 1.71 bits per heavy atom. The Kier molecular flexibility index (Phi) is 6.49. The molecule has 1 N–H and O–H groups in total. The van der Waals surface area contributed by atoms with Crippen LogP contribution in [0.3, 0.4) is 0 Å². The highest BCUT2D eigenvalue weighted by atomic mass is 19.4. The van der Waals surface area contributed by atoms with Crippen LogP contribution in [0.1, 0.15) is 54.0 Å². The van der Waals surface area contributed by atoms with Gasteiger partial charge in [0.2, 0.25) is 11.9 Å². The molecule has 2 aromatic rings. The molecule has 2 aromatic heterocycles. The van der Waals surface area contributed by atoms with E-state index in [4.69, 9.17) is 0 Å². The average molecular weight is 504 g/mol. The van der Waals surface area contributed by atoms with Gasteiger partial charge in [-0.15, -0.1) is 0 Å². The quantitative estimate of drug-likeness (QED) is 0.643. The van der Waals surface area contributed by atoms with Gasteiger partial charge < -0.3 is 9.80 Å². The van der Waals surface area contributed by atoms with Crippen LogP contribution >= 0.6 is 0 Å². The predicted molar refractivity (Wildman–Crippen MR) is 111 cm³/mol. The molecule has 1 atom stereocenters. The molecule has 2 aliphatic rings. The Balaban J connectivity index is 1.36. The minimum absolute atomic E-state index is 0.0220. The standard InChI is InChI=1S/C21H22F6N6O2/c1-32(19-28-9-12(10-29-19)20(22,23)24)13-4-6-33(7-5-13)15(34)8-11-2-3-14-16(21(25,26)27)18(35)31-30-17(11)14/h9-11,13H,2-8H2,1H3,(H,31,35)/t11-/m1/s1. The van der Waals surface area contributed by atoms with Gasteiger partial charge in [-0.05, 0) is 31.2 Å². The number of alkyl halides is 6. The van der Waals surface area contributed by atoms with Gasteiger partial charge in [-0.1, -0.05) is 0 Å². The summed E-state index contributed by atoms with van der Waals surface area (Å²) in [5.41, 5.74) is -3.50. The molecule has 3 heterocycles. The van der Waals surface area contributed by atoms with Gasteiger partial charge in [-0.3, -0.25) is 9.59 Å². The number of nitrogens with one attached hydrogen (secondary N) is 1. The number of nitrogens with zero attached hydrogens (tertiary/aromatic N) is 5. The summed E-state index contributed by atoms with van der Waals surface area (Å²) in [6, 6.07) is -0.0934. The van der Waals surface area contributed by atoms with E-state index in [1.165, 1.54) is 0 Å². The van der Waals surface area contributed by atoms with Gasteiger partial charge in [-0.2, -0.15) is 31.4 Å². The molecule has 1 aliphatic heterocycles. The summed E-state index contributed by atoms with van der Waals surface area (Å²) >= 11 is 0. The first-order chi connectivity index (χ1) is 16.4. The van der Waals surface area contributed by atoms with Gasteiger partial charge in [-0.25, -0.2) is 15.1 Å². The summed E-state index contributed by atoms with van der Waals surface area (Å²) in [5.74, 6) is -0.599. The number of aromatic amines is 1. The predicted octanol–water partition coefficient (Wildman–Crippen LogP) is 3.14. The van der Waals surface area contributed by atoms with Crippen molar-refractivity contribution in [3.63, 3.8) is 0 Å². The summed E-state index contributed by atoms with van der Waals surface area (Å²) in [6.45, 7) is 0.752. The van der Waals surface area contributed by atoms with Crippen molar-refractivity contribution in [1.82, 2.24) is 25.1 Å². The third kappa shape index (κ3) is 5.10. The molecule has 35 heavy (non-hydrogen) atoms. The lowest BCUT2D eigenvalue weighted by Crippen LogP contribution is -2.46. The van der Waals surface area contributed by atoms with E-state index in [1.54, 1.807) is 16.8 Å². The van der Waals surface area contributed by atoms with Crippen molar-refractivity contribution >= 4 is 11.9 Å². The van der Waals surface area contributed by atoms with E-state index in [2.05, 4.69) is 15.1 Å². The summed E-state index contributed by atoms with van der Waals surface area (Å²) in [6.07, 6.45) is -6.53. The number of H-pyrrole nitrogens is 1. The van der Waals surface area contributed by atoms with Gasteiger partial charge in [0.25, 0.3) is 5.56 Å². The number of aromatic nitrogens is 4. The van der Waals surface area contributed by atoms with E-state index in [1.807, 2.05) is 5.10 Å². The van der Waals surface area contributed by atoms with E-state index < -0.39 is 35.0 Å². The van der Waals surface area contributed by atoms with Crippen molar-refractivity contribution in [2.75, 3.05) is 25.0 Å². The first kappa shape index (κ1) is 24.9. The van der Waals surface area contributed by atoms with Crippen molar-refractivity contribution < 1.29 is 31.1 Å². The number of carbonyl (C=O) groups is 1. The largest absolute Gasteiger partial charge is 0.422 e. The number of hydrogen-bond donors (Lipinski definition) is 1. The van der Waals surface area contributed by atoms with Crippen molar-refractivity contribution in [2.24, 2.45) is 0 Å². The Labute approximate surface area is 195 Å². The average Bonchev–Trinajstić information content (AvgIpc) is 3.19. The maximum atomic E-state index is 13.3. The summed E-state index contributed by atoms with van der Waals surface area (Å²) in [7, 11) is 1.67. The van der Waals surface area contributed by atoms with Crippen LogP contribution in [0.25, 0.3) is 0 Å². The van der Waals surface area contributed by atoms with Crippen LogP contribution in [0.5, 0.6) is 0 Å². The first-order valence-electron chi connectivity index (χ1n) is 10.9. The topological polar surface area (TPSA) is 95.1 Å². The molecule has 8 nitrogen and oxygen atoms in total. The fraction of sp³-hybridized carbons (Fsp3) is 0.571. The maximum absolute atomic E-state index is 13.3. The van der Waals surface area contributed by atoms with Gasteiger partial charge >= 0.3 is 12.4 Å². The lowest BCUT2D eigenvalue weighted by Gasteiger charge is -2.37. The third-order valence-corrected chi connectivity index (χ3v) is 6.60. The van der Waals surface area contributed by atoms with Crippen molar-refractivity contribution in [3.8, 4) is 0 Å². The Hall–Kier alpha value is -3.19. The van der Waals surface area contributed by atoms with Gasteiger partial charge in [0.15, 0.2) is 0 Å². The number of fused-ring (bicyclic) bond motifs is 1. The molecule has 0 spiro atoms. The molecule has 0 bridgehead atoms. The number of halogens is 6. The number of hydrogen-bond acceptors (Lipinski definition) is 6. The Bertz CT molecular complexity index is 1140. The summed E-state index contributed by atoms with van der Waals surface area (Å²) in [4.78, 5) is 35.4. The highest BCUT2D eigenvalue weighted by Crippen LogP contribution is 2.40. The highest BCUT2D eigenvalue weighted by Gasteiger charge is 2.42. The number of amides is 1. The summed E-state index contributed by atoms with van der Waals surface area (Å²) < 4.78 is 78.0. The van der Waals surface area contributed by atoms with Crippen LogP contribution in [0.15, 0.2) is 17.2 Å². The molecule has 0 unspecified atom stereocenters. The molecule has 1 saturated heterocycles. The van der Waals surface area contributed by atoms with Crippen LogP contribution in [-0.4, -0.2) is 57.2 Å².